The lowest BCUT2D eigenvalue weighted by Gasteiger charge is -2.15. The molecule has 0 unspecified atom stereocenters. The zero-order chi connectivity index (χ0) is 34.5. The van der Waals surface area contributed by atoms with E-state index in [9.17, 15) is 29.4 Å². The predicted octanol–water partition coefficient (Wildman–Crippen LogP) is 2.58. The number of nitrogens with zero attached hydrogens (tertiary/aromatic N) is 9. The van der Waals surface area contributed by atoms with Crippen molar-refractivity contribution >= 4 is 40.8 Å². The molecule has 4 N–H and O–H groups in total. The van der Waals surface area contributed by atoms with E-state index in [0.29, 0.717) is 42.0 Å². The zero-order valence-electron chi connectivity index (χ0n) is 25.5. The molecule has 0 saturated carbocycles. The van der Waals surface area contributed by atoms with Crippen LogP contribution in [0.5, 0.6) is 5.75 Å². The van der Waals surface area contributed by atoms with Crippen molar-refractivity contribution in [2.75, 3.05) is 17.7 Å². The van der Waals surface area contributed by atoms with E-state index in [1.54, 1.807) is 35.2 Å². The van der Waals surface area contributed by atoms with E-state index in [2.05, 4.69) is 46.4 Å². The number of aromatic nitrogens is 9. The summed E-state index contributed by atoms with van der Waals surface area (Å²) in [6.45, 7) is 0. The van der Waals surface area contributed by atoms with Crippen LogP contribution in [0.25, 0.3) is 11.5 Å². The highest BCUT2D eigenvalue weighted by molar-refractivity contribution is 6.08. The number of aryl methyl sites for hydroxylation is 2. The smallest absolute Gasteiger partial charge is 0.337 e. The lowest BCUT2D eigenvalue weighted by molar-refractivity contribution is 0.0686. The first-order valence-corrected chi connectivity index (χ1v) is 14.5. The summed E-state index contributed by atoms with van der Waals surface area (Å²) in [5.74, 6) is -3.03. The second-order valence-corrected chi connectivity index (χ2v) is 10.5. The Hall–Kier alpha value is -7.11. The summed E-state index contributed by atoms with van der Waals surface area (Å²) in [7, 11) is 1.42. The number of amides is 2. The molecule has 2 amide bonds. The maximum absolute atomic E-state index is 12.9. The summed E-state index contributed by atoms with van der Waals surface area (Å²) in [6.07, 6.45) is 6.09. The number of carbonyl (C=O) groups is 4. The molecule has 0 fully saturated rings. The molecular weight excluding hydrogens is 638 g/mol. The van der Waals surface area contributed by atoms with Gasteiger partial charge in [-0.15, -0.1) is 25.0 Å². The first kappa shape index (κ1) is 31.9. The van der Waals surface area contributed by atoms with Crippen molar-refractivity contribution in [3.63, 3.8) is 0 Å². The maximum Gasteiger partial charge on any atom is 0.337 e. The maximum atomic E-state index is 12.9. The highest BCUT2D eigenvalue weighted by atomic mass is 16.5. The summed E-state index contributed by atoms with van der Waals surface area (Å²) >= 11 is 0. The largest absolute Gasteiger partial charge is 0.496 e. The van der Waals surface area contributed by atoms with Crippen LogP contribution in [-0.2, 0) is 12.8 Å². The summed E-state index contributed by atoms with van der Waals surface area (Å²) in [5.41, 5.74) is 1.36. The number of hydrogen-bond acceptors (Lipinski definition) is 12. The van der Waals surface area contributed by atoms with E-state index in [4.69, 9.17) is 4.74 Å². The van der Waals surface area contributed by atoms with E-state index < -0.39 is 23.8 Å². The SMILES string of the molecule is COc1cc(NC(=O)c2ccc3nnnn3n2)c(C(=O)O)cc1CCCc1ccc(C(=O)O)c(NC(=O)c2ccc(-n3ccnc3)nn2)c1. The number of aromatic carboxylic acids is 2. The molecule has 6 aromatic rings. The van der Waals surface area contributed by atoms with Crippen LogP contribution in [0.15, 0.2) is 73.3 Å². The van der Waals surface area contributed by atoms with E-state index in [1.807, 2.05) is 0 Å². The third kappa shape index (κ3) is 7.02. The van der Waals surface area contributed by atoms with Gasteiger partial charge in [-0.05, 0) is 83.3 Å². The van der Waals surface area contributed by atoms with Crippen LogP contribution >= 0.6 is 0 Å². The third-order valence-corrected chi connectivity index (χ3v) is 7.33. The number of carbonyl (C=O) groups excluding carboxylic acids is 2. The number of tetrazole rings is 1. The molecule has 0 aliphatic rings. The van der Waals surface area contributed by atoms with Gasteiger partial charge in [0.1, 0.15) is 12.1 Å². The van der Waals surface area contributed by atoms with E-state index in [0.717, 1.165) is 10.2 Å². The van der Waals surface area contributed by atoms with Gasteiger partial charge in [0.2, 0.25) is 0 Å². The molecule has 246 valence electrons. The third-order valence-electron chi connectivity index (χ3n) is 7.33. The number of ether oxygens (including phenoxy) is 1. The second kappa shape index (κ2) is 13.7. The average Bonchev–Trinajstić information content (AvgIpc) is 3.81. The number of carboxylic acids is 2. The molecule has 2 aromatic carbocycles. The number of benzene rings is 2. The molecule has 18 nitrogen and oxygen atoms in total. The summed E-state index contributed by atoms with van der Waals surface area (Å²) < 4.78 is 8.20. The molecule has 0 saturated heterocycles. The van der Waals surface area contributed by atoms with Gasteiger partial charge in [0.15, 0.2) is 22.9 Å². The second-order valence-electron chi connectivity index (χ2n) is 10.5. The molecular formula is C31H25N11O7. The standard InChI is InChI=1S/C31H25N11O7/c1-49-25-15-24(34-29(44)22-8-10-27-37-39-40-42(27)38-22)20(31(47)48)14-18(25)4-2-3-17-5-6-19(30(45)46)23(13-17)33-28(43)21-7-9-26(36-35-21)41-12-11-32-16-41/h5-16H,2-4H2,1H3,(H,33,43)(H,34,44)(H,45,46)(H,47,48). The number of carboxylic acid groups (broad SMARTS) is 2. The molecule has 6 rings (SSSR count). The van der Waals surface area contributed by atoms with E-state index in [-0.39, 0.29) is 33.9 Å². The topological polar surface area (TPSA) is 242 Å². The minimum Gasteiger partial charge on any atom is -0.496 e. The van der Waals surface area contributed by atoms with Crippen molar-refractivity contribution in [3.05, 3.63) is 107 Å². The van der Waals surface area contributed by atoms with Gasteiger partial charge in [-0.2, -0.15) is 0 Å². The van der Waals surface area contributed by atoms with Gasteiger partial charge in [-0.25, -0.2) is 14.6 Å². The Bertz CT molecular complexity index is 2200. The van der Waals surface area contributed by atoms with Crippen molar-refractivity contribution in [2.45, 2.75) is 19.3 Å². The lowest BCUT2D eigenvalue weighted by atomic mass is 9.99. The van der Waals surface area contributed by atoms with E-state index in [1.165, 1.54) is 49.8 Å². The van der Waals surface area contributed by atoms with Crippen LogP contribution in [0.1, 0.15) is 59.2 Å². The fraction of sp³-hybridized carbons (Fsp3) is 0.129. The molecule has 18 heteroatoms. The minimum atomic E-state index is -1.27. The molecule has 0 aliphatic carbocycles. The van der Waals surface area contributed by atoms with Crippen LogP contribution in [0.3, 0.4) is 0 Å². The van der Waals surface area contributed by atoms with Crippen LogP contribution in [-0.4, -0.2) is 86.1 Å². The molecule has 49 heavy (non-hydrogen) atoms. The molecule has 0 radical (unpaired) electrons. The van der Waals surface area contributed by atoms with Gasteiger partial charge in [-0.1, -0.05) is 6.07 Å². The van der Waals surface area contributed by atoms with Crippen molar-refractivity contribution in [2.24, 2.45) is 0 Å². The normalized spacial score (nSPS) is 10.9. The predicted molar refractivity (Wildman–Crippen MR) is 169 cm³/mol. The summed E-state index contributed by atoms with van der Waals surface area (Å²) in [4.78, 5) is 53.9. The van der Waals surface area contributed by atoms with Crippen molar-refractivity contribution in [1.82, 2.24) is 45.0 Å². The molecule has 0 spiro atoms. The molecule has 0 bridgehead atoms. The quantitative estimate of drug-likeness (QED) is 0.147. The van der Waals surface area contributed by atoms with Crippen molar-refractivity contribution in [1.29, 1.82) is 0 Å². The summed E-state index contributed by atoms with van der Waals surface area (Å²) in [6, 6.07) is 13.4. The monoisotopic (exact) mass is 663 g/mol. The average molecular weight is 664 g/mol. The van der Waals surface area contributed by atoms with Gasteiger partial charge in [0.25, 0.3) is 11.8 Å². The number of nitrogens with one attached hydrogen (secondary N) is 2. The van der Waals surface area contributed by atoms with Gasteiger partial charge < -0.3 is 25.6 Å². The van der Waals surface area contributed by atoms with Crippen LogP contribution in [0.4, 0.5) is 11.4 Å². The fourth-order valence-corrected chi connectivity index (χ4v) is 4.93. The highest BCUT2D eigenvalue weighted by Crippen LogP contribution is 2.30. The van der Waals surface area contributed by atoms with Crippen LogP contribution in [0.2, 0.25) is 0 Å². The Morgan fingerprint density at radius 3 is 2.27 bits per heavy atom. The minimum absolute atomic E-state index is 0.00223. The number of methoxy groups -OCH3 is 1. The zero-order valence-corrected chi connectivity index (χ0v) is 25.5. The van der Waals surface area contributed by atoms with Gasteiger partial charge in [0, 0.05) is 18.5 Å². The number of fused-ring (bicyclic) bond motifs is 1. The molecule has 0 atom stereocenters. The molecule has 0 aliphatic heterocycles. The number of rotatable bonds is 12. The Morgan fingerprint density at radius 2 is 1.57 bits per heavy atom. The number of hydrogen-bond donors (Lipinski definition) is 4. The van der Waals surface area contributed by atoms with Crippen molar-refractivity contribution in [3.8, 4) is 11.6 Å². The highest BCUT2D eigenvalue weighted by Gasteiger charge is 2.20. The van der Waals surface area contributed by atoms with E-state index >= 15 is 0 Å². The lowest BCUT2D eigenvalue weighted by Crippen LogP contribution is -2.18. The Balaban J connectivity index is 1.15. The Morgan fingerprint density at radius 1 is 0.816 bits per heavy atom. The first-order chi connectivity index (χ1) is 23.7. The first-order valence-electron chi connectivity index (χ1n) is 14.5. The number of imidazole rings is 1. The van der Waals surface area contributed by atoms with Crippen LogP contribution in [0, 0.1) is 0 Å². The van der Waals surface area contributed by atoms with Gasteiger partial charge >= 0.3 is 11.9 Å². The Labute approximate surface area is 275 Å². The number of anilines is 2. The van der Waals surface area contributed by atoms with Crippen LogP contribution < -0.4 is 15.4 Å². The van der Waals surface area contributed by atoms with Crippen molar-refractivity contribution < 1.29 is 34.1 Å². The fourth-order valence-electron chi connectivity index (χ4n) is 4.93. The molecule has 4 aromatic heterocycles. The Kier molecular flexibility index (Phi) is 8.91. The summed E-state index contributed by atoms with van der Waals surface area (Å²) in [5, 5.41) is 47.7. The molecule has 4 heterocycles. The van der Waals surface area contributed by atoms with Gasteiger partial charge in [0.05, 0.1) is 29.6 Å². The van der Waals surface area contributed by atoms with Gasteiger partial charge in [-0.3, -0.25) is 14.2 Å².